The Morgan fingerprint density at radius 3 is 2.76 bits per heavy atom. The summed E-state index contributed by atoms with van der Waals surface area (Å²) >= 11 is 0. The number of pyridine rings is 2. The molecule has 3 atom stereocenters. The van der Waals surface area contributed by atoms with Crippen LogP contribution in [0.5, 0.6) is 0 Å². The number of aromatic nitrogens is 4. The lowest BCUT2D eigenvalue weighted by molar-refractivity contribution is -0.137. The number of rotatable bonds is 4. The molecule has 3 aliphatic rings. The number of nitrogens with one attached hydrogen (secondary N) is 1. The number of nitrogens with zero attached hydrogens (tertiary/aromatic N) is 5. The maximum atomic E-state index is 13.0. The molecule has 2 saturated heterocycles. The molecule has 0 radical (unpaired) electrons. The number of piperidine rings is 1. The normalized spacial score (nSPS) is 23.1. The zero-order chi connectivity index (χ0) is 26.6. The average molecular weight is 524 g/mol. The second kappa shape index (κ2) is 8.96. The summed E-state index contributed by atoms with van der Waals surface area (Å²) < 4.78 is 40.8. The molecule has 0 bridgehead atoms. The molecular formula is C26H24F3N7O2. The second-order valence-corrected chi connectivity index (χ2v) is 9.79. The Bertz CT molecular complexity index is 1510. The van der Waals surface area contributed by atoms with Gasteiger partial charge in [-0.15, -0.1) is 0 Å². The van der Waals surface area contributed by atoms with Crippen molar-refractivity contribution in [1.82, 2.24) is 24.6 Å². The molecule has 3 aromatic rings. The maximum Gasteiger partial charge on any atom is 0.416 e. The summed E-state index contributed by atoms with van der Waals surface area (Å²) in [6, 6.07) is 3.32. The van der Waals surface area contributed by atoms with Crippen LogP contribution in [0.15, 0.2) is 54.4 Å². The number of anilines is 2. The Hall–Kier alpha value is -4.22. The minimum atomic E-state index is -4.55. The van der Waals surface area contributed by atoms with Crippen molar-refractivity contribution in [2.45, 2.75) is 49.9 Å². The molecule has 0 aromatic carbocycles. The first-order chi connectivity index (χ1) is 18.2. The monoisotopic (exact) mass is 523 g/mol. The van der Waals surface area contributed by atoms with Crippen molar-refractivity contribution in [2.75, 3.05) is 17.6 Å². The Morgan fingerprint density at radius 1 is 1.13 bits per heavy atom. The van der Waals surface area contributed by atoms with Gasteiger partial charge in [0.2, 0.25) is 5.91 Å². The van der Waals surface area contributed by atoms with E-state index in [-0.39, 0.29) is 23.2 Å². The largest absolute Gasteiger partial charge is 0.416 e. The highest BCUT2D eigenvalue weighted by molar-refractivity contribution is 6.06. The van der Waals surface area contributed by atoms with Gasteiger partial charge in [-0.3, -0.25) is 14.3 Å². The second-order valence-electron chi connectivity index (χ2n) is 9.79. The van der Waals surface area contributed by atoms with Crippen molar-refractivity contribution in [3.8, 4) is 0 Å². The molecule has 3 N–H and O–H groups in total. The SMILES string of the molecule is Nc1nccc2c([C@@H]3CC[C@H]4CCC(=O)N4C3)nn(C3C=CC(C(=O)Nc4cc(C(F)(F)F)ccn4)=C3)c12. The first-order valence-electron chi connectivity index (χ1n) is 12.4. The predicted octanol–water partition coefficient (Wildman–Crippen LogP) is 3.97. The highest BCUT2D eigenvalue weighted by atomic mass is 19.4. The molecule has 2 amide bonds. The van der Waals surface area contributed by atoms with Gasteiger partial charge in [-0.2, -0.15) is 18.3 Å². The fourth-order valence-electron chi connectivity index (χ4n) is 5.61. The fraction of sp³-hybridized carbons (Fsp3) is 0.346. The number of nitrogens with two attached hydrogens (primary N) is 1. The van der Waals surface area contributed by atoms with Crippen LogP contribution in [0.4, 0.5) is 24.8 Å². The summed E-state index contributed by atoms with van der Waals surface area (Å²) in [6.07, 6.45) is 6.38. The molecule has 1 aliphatic carbocycles. The third kappa shape index (κ3) is 4.19. The number of alkyl halides is 3. The summed E-state index contributed by atoms with van der Waals surface area (Å²) in [5, 5.41) is 8.18. The lowest BCUT2D eigenvalue weighted by atomic mass is 9.89. The zero-order valence-corrected chi connectivity index (χ0v) is 20.2. The van der Waals surface area contributed by atoms with Gasteiger partial charge in [0, 0.05) is 48.3 Å². The standard InChI is InChI=1S/C26H24F3N7O2/c27-26(28,29)16-7-9-31-20(12-16)33-25(38)14-1-4-18(11-14)36-23-19(8-10-32-24(23)30)22(34-36)15-2-3-17-5-6-21(37)35(17)13-15/h1,4,7-12,15,17-18H,2-3,5-6,13H2,(H2,30,32)(H,31,33,38)/t15-,17+,18?/m1/s1. The van der Waals surface area contributed by atoms with E-state index in [4.69, 9.17) is 10.8 Å². The van der Waals surface area contributed by atoms with E-state index >= 15 is 0 Å². The molecule has 12 heteroatoms. The number of hydrogen-bond donors (Lipinski definition) is 2. The van der Waals surface area contributed by atoms with Gasteiger partial charge in [0.15, 0.2) is 0 Å². The lowest BCUT2D eigenvalue weighted by Gasteiger charge is -2.34. The van der Waals surface area contributed by atoms with Gasteiger partial charge < -0.3 is 16.0 Å². The van der Waals surface area contributed by atoms with Crippen LogP contribution < -0.4 is 11.1 Å². The minimum absolute atomic E-state index is 0.0444. The minimum Gasteiger partial charge on any atom is -0.382 e. The number of hydrogen-bond acceptors (Lipinski definition) is 6. The van der Waals surface area contributed by atoms with Crippen molar-refractivity contribution in [3.63, 3.8) is 0 Å². The fourth-order valence-corrected chi connectivity index (χ4v) is 5.61. The number of nitrogen functional groups attached to an aromatic ring is 1. The molecule has 196 valence electrons. The van der Waals surface area contributed by atoms with Crippen LogP contribution in [0.2, 0.25) is 0 Å². The summed E-state index contributed by atoms with van der Waals surface area (Å²) in [4.78, 5) is 35.2. The number of carbonyl (C=O) groups is 2. The van der Waals surface area contributed by atoms with Gasteiger partial charge in [-0.25, -0.2) is 9.97 Å². The summed E-state index contributed by atoms with van der Waals surface area (Å²) in [5.74, 6) is -0.278. The number of allylic oxidation sites excluding steroid dienone is 2. The van der Waals surface area contributed by atoms with Gasteiger partial charge in [-0.05, 0) is 43.5 Å². The molecule has 2 aliphatic heterocycles. The van der Waals surface area contributed by atoms with Gasteiger partial charge in [0.25, 0.3) is 5.91 Å². The Labute approximate surface area is 215 Å². The number of fused-ring (bicyclic) bond motifs is 2. The summed E-state index contributed by atoms with van der Waals surface area (Å²) in [6.45, 7) is 0.603. The Kier molecular flexibility index (Phi) is 5.69. The van der Waals surface area contributed by atoms with Crippen LogP contribution in [0.1, 0.15) is 48.9 Å². The quantitative estimate of drug-likeness (QED) is 0.534. The molecule has 2 fully saturated rings. The van der Waals surface area contributed by atoms with Crippen molar-refractivity contribution < 1.29 is 22.8 Å². The molecule has 9 nitrogen and oxygen atoms in total. The van der Waals surface area contributed by atoms with E-state index in [0.29, 0.717) is 30.3 Å². The van der Waals surface area contributed by atoms with Gasteiger partial charge in [0.1, 0.15) is 17.2 Å². The van der Waals surface area contributed by atoms with Gasteiger partial charge in [-0.1, -0.05) is 12.2 Å². The third-order valence-electron chi connectivity index (χ3n) is 7.47. The van der Waals surface area contributed by atoms with Gasteiger partial charge in [0.05, 0.1) is 17.3 Å². The maximum absolute atomic E-state index is 13.0. The van der Waals surface area contributed by atoms with E-state index in [9.17, 15) is 22.8 Å². The van der Waals surface area contributed by atoms with E-state index in [2.05, 4.69) is 15.3 Å². The van der Waals surface area contributed by atoms with Crippen LogP contribution in [0, 0.1) is 0 Å². The number of carbonyl (C=O) groups excluding carboxylic acids is 2. The Balaban J connectivity index is 1.28. The first-order valence-corrected chi connectivity index (χ1v) is 12.4. The Morgan fingerprint density at radius 2 is 1.95 bits per heavy atom. The highest BCUT2D eigenvalue weighted by Gasteiger charge is 2.38. The topological polar surface area (TPSA) is 119 Å². The summed E-state index contributed by atoms with van der Waals surface area (Å²) in [7, 11) is 0. The van der Waals surface area contributed by atoms with Crippen LogP contribution in [-0.2, 0) is 15.8 Å². The van der Waals surface area contributed by atoms with E-state index in [0.717, 1.165) is 48.7 Å². The molecule has 0 spiro atoms. The van der Waals surface area contributed by atoms with E-state index in [1.54, 1.807) is 29.1 Å². The molecule has 5 heterocycles. The highest BCUT2D eigenvalue weighted by Crippen LogP contribution is 2.39. The van der Waals surface area contributed by atoms with E-state index < -0.39 is 23.7 Å². The van der Waals surface area contributed by atoms with Crippen LogP contribution >= 0.6 is 0 Å². The van der Waals surface area contributed by atoms with Crippen molar-refractivity contribution in [1.29, 1.82) is 0 Å². The van der Waals surface area contributed by atoms with Crippen LogP contribution in [0.3, 0.4) is 0 Å². The van der Waals surface area contributed by atoms with Crippen LogP contribution in [-0.4, -0.2) is 49.0 Å². The molecule has 6 rings (SSSR count). The number of halogens is 3. The molecule has 0 saturated carbocycles. The predicted molar refractivity (Wildman–Crippen MR) is 133 cm³/mol. The molecular weight excluding hydrogens is 499 g/mol. The van der Waals surface area contributed by atoms with E-state index in [1.807, 2.05) is 11.0 Å². The molecule has 3 aromatic heterocycles. The van der Waals surface area contributed by atoms with Gasteiger partial charge >= 0.3 is 6.18 Å². The van der Waals surface area contributed by atoms with Crippen molar-refractivity contribution in [2.24, 2.45) is 0 Å². The number of amides is 2. The van der Waals surface area contributed by atoms with Crippen molar-refractivity contribution in [3.05, 3.63) is 65.7 Å². The lowest BCUT2D eigenvalue weighted by Crippen LogP contribution is -2.40. The first kappa shape index (κ1) is 24.1. The molecule has 1 unspecified atom stereocenters. The van der Waals surface area contributed by atoms with Crippen molar-refractivity contribution >= 4 is 34.4 Å². The summed E-state index contributed by atoms with van der Waals surface area (Å²) in [5.41, 5.74) is 7.07. The smallest absolute Gasteiger partial charge is 0.382 e. The third-order valence-corrected chi connectivity index (χ3v) is 7.47. The van der Waals surface area contributed by atoms with E-state index in [1.165, 1.54) is 0 Å². The molecule has 38 heavy (non-hydrogen) atoms. The zero-order valence-electron chi connectivity index (χ0n) is 20.2. The van der Waals surface area contributed by atoms with Crippen LogP contribution in [0.25, 0.3) is 10.9 Å². The average Bonchev–Trinajstić information content (AvgIpc) is 3.61.